The van der Waals surface area contributed by atoms with E-state index in [1.54, 1.807) is 25.3 Å². The van der Waals surface area contributed by atoms with Crippen molar-refractivity contribution < 1.29 is 18.3 Å². The fraction of sp³-hybridized carbons (Fsp3) is 0.647. The number of ether oxygens (including phenoxy) is 1. The van der Waals surface area contributed by atoms with Gasteiger partial charge in [-0.05, 0) is 50.8 Å². The number of nitrogens with zero attached hydrogens (tertiary/aromatic N) is 2. The molecule has 1 aliphatic carbocycles. The second kappa shape index (κ2) is 7.01. The normalized spacial score (nSPS) is 22.0. The molecule has 5 nitrogen and oxygen atoms in total. The van der Waals surface area contributed by atoms with Gasteiger partial charge in [0.25, 0.3) is 5.92 Å². The summed E-state index contributed by atoms with van der Waals surface area (Å²) < 4.78 is 32.6. The first-order chi connectivity index (χ1) is 11.4. The summed E-state index contributed by atoms with van der Waals surface area (Å²) in [7, 11) is 0. The minimum absolute atomic E-state index is 0.109. The molecule has 1 aliphatic heterocycles. The van der Waals surface area contributed by atoms with Gasteiger partial charge in [-0.25, -0.2) is 13.8 Å². The lowest BCUT2D eigenvalue weighted by molar-refractivity contribution is -0.125. The standard InChI is InChI=1S/C17H23F2N3O2/c1-12(22-8-2-7-17(18,19)11-22)16(23)21-15-6-5-14(9-20-15)24-10-13-3-4-13/h5-6,9,12-13H,2-4,7-8,10-11H2,1H3,(H,20,21,23). The summed E-state index contributed by atoms with van der Waals surface area (Å²) in [6, 6.07) is 2.80. The molecule has 1 amide bonds. The molecular weight excluding hydrogens is 316 g/mol. The highest BCUT2D eigenvalue weighted by Gasteiger charge is 2.38. The summed E-state index contributed by atoms with van der Waals surface area (Å²) in [5, 5.41) is 2.68. The summed E-state index contributed by atoms with van der Waals surface area (Å²) in [6.45, 7) is 2.48. The smallest absolute Gasteiger partial charge is 0.260 e. The van der Waals surface area contributed by atoms with E-state index < -0.39 is 12.0 Å². The topological polar surface area (TPSA) is 54.5 Å². The molecule has 0 spiro atoms. The van der Waals surface area contributed by atoms with Gasteiger partial charge in [0.15, 0.2) is 0 Å². The maximum Gasteiger partial charge on any atom is 0.260 e. The van der Waals surface area contributed by atoms with Crippen molar-refractivity contribution in [1.82, 2.24) is 9.88 Å². The molecule has 2 fully saturated rings. The Bertz CT molecular complexity index is 576. The Balaban J connectivity index is 1.51. The van der Waals surface area contributed by atoms with E-state index >= 15 is 0 Å². The Kier molecular flexibility index (Phi) is 4.99. The van der Waals surface area contributed by atoms with Crippen LogP contribution in [0.3, 0.4) is 0 Å². The average molecular weight is 339 g/mol. The monoisotopic (exact) mass is 339 g/mol. The Morgan fingerprint density at radius 3 is 2.92 bits per heavy atom. The van der Waals surface area contributed by atoms with Gasteiger partial charge >= 0.3 is 0 Å². The number of piperidine rings is 1. The Morgan fingerprint density at radius 1 is 1.50 bits per heavy atom. The first-order valence-corrected chi connectivity index (χ1v) is 8.44. The third kappa shape index (κ3) is 4.63. The SMILES string of the molecule is CC(C(=O)Nc1ccc(OCC2CC2)cn1)N1CCCC(F)(F)C1. The van der Waals surface area contributed by atoms with Crippen LogP contribution < -0.4 is 10.1 Å². The molecule has 2 aliphatic rings. The average Bonchev–Trinajstić information content (AvgIpc) is 3.37. The second-order valence-electron chi connectivity index (χ2n) is 6.73. The highest BCUT2D eigenvalue weighted by molar-refractivity contribution is 5.93. The maximum atomic E-state index is 13.5. The largest absolute Gasteiger partial charge is 0.492 e. The van der Waals surface area contributed by atoms with E-state index in [1.165, 1.54) is 17.7 Å². The number of carbonyl (C=O) groups is 1. The quantitative estimate of drug-likeness (QED) is 0.866. The van der Waals surface area contributed by atoms with Gasteiger partial charge in [-0.1, -0.05) is 0 Å². The lowest BCUT2D eigenvalue weighted by Gasteiger charge is -2.35. The van der Waals surface area contributed by atoms with E-state index in [0.717, 1.165) is 0 Å². The first kappa shape index (κ1) is 17.1. The number of hydrogen-bond donors (Lipinski definition) is 1. The van der Waals surface area contributed by atoms with E-state index in [9.17, 15) is 13.6 Å². The third-order valence-electron chi connectivity index (χ3n) is 4.52. The van der Waals surface area contributed by atoms with E-state index in [0.29, 0.717) is 37.1 Å². The molecule has 132 valence electrons. The van der Waals surface area contributed by atoms with Gasteiger partial charge in [0, 0.05) is 6.42 Å². The zero-order valence-corrected chi connectivity index (χ0v) is 13.8. The van der Waals surface area contributed by atoms with E-state index in [-0.39, 0.29) is 18.9 Å². The van der Waals surface area contributed by atoms with Crippen molar-refractivity contribution in [2.24, 2.45) is 5.92 Å². The van der Waals surface area contributed by atoms with Crippen LogP contribution in [0, 0.1) is 5.92 Å². The molecule has 24 heavy (non-hydrogen) atoms. The van der Waals surface area contributed by atoms with Gasteiger partial charge < -0.3 is 10.1 Å². The fourth-order valence-corrected chi connectivity index (χ4v) is 2.76. The van der Waals surface area contributed by atoms with Crippen molar-refractivity contribution >= 4 is 11.7 Å². The summed E-state index contributed by atoms with van der Waals surface area (Å²) in [4.78, 5) is 17.9. The van der Waals surface area contributed by atoms with E-state index in [4.69, 9.17) is 4.74 Å². The molecule has 2 heterocycles. The number of alkyl halides is 2. The van der Waals surface area contributed by atoms with Crippen LogP contribution in [-0.4, -0.2) is 47.5 Å². The van der Waals surface area contributed by atoms with Crippen LogP contribution >= 0.6 is 0 Å². The van der Waals surface area contributed by atoms with Gasteiger partial charge in [-0.15, -0.1) is 0 Å². The highest BCUT2D eigenvalue weighted by atomic mass is 19.3. The number of carbonyl (C=O) groups excluding carboxylic acids is 1. The Morgan fingerprint density at radius 2 is 2.29 bits per heavy atom. The number of halogens is 2. The number of hydrogen-bond acceptors (Lipinski definition) is 4. The molecule has 1 aromatic heterocycles. The number of anilines is 1. The van der Waals surface area contributed by atoms with Crippen LogP contribution in [0.4, 0.5) is 14.6 Å². The fourth-order valence-electron chi connectivity index (χ4n) is 2.76. The van der Waals surface area contributed by atoms with Crippen molar-refractivity contribution in [3.8, 4) is 5.75 Å². The van der Waals surface area contributed by atoms with Crippen LogP contribution in [0.2, 0.25) is 0 Å². The lowest BCUT2D eigenvalue weighted by Crippen LogP contribution is -2.50. The molecule has 0 radical (unpaired) electrons. The molecule has 1 saturated heterocycles. The summed E-state index contributed by atoms with van der Waals surface area (Å²) in [6.07, 6.45) is 4.29. The summed E-state index contributed by atoms with van der Waals surface area (Å²) >= 11 is 0. The zero-order valence-electron chi connectivity index (χ0n) is 13.8. The number of aromatic nitrogens is 1. The molecular formula is C17H23F2N3O2. The Labute approximate surface area is 140 Å². The van der Waals surface area contributed by atoms with Crippen LogP contribution in [0.15, 0.2) is 18.3 Å². The third-order valence-corrected chi connectivity index (χ3v) is 4.52. The van der Waals surface area contributed by atoms with Crippen LogP contribution in [-0.2, 0) is 4.79 Å². The van der Waals surface area contributed by atoms with Crippen molar-refractivity contribution in [1.29, 1.82) is 0 Å². The molecule has 3 rings (SSSR count). The summed E-state index contributed by atoms with van der Waals surface area (Å²) in [5.41, 5.74) is 0. The number of pyridine rings is 1. The molecule has 0 bridgehead atoms. The molecule has 7 heteroatoms. The van der Waals surface area contributed by atoms with Crippen molar-refractivity contribution in [3.05, 3.63) is 18.3 Å². The molecule has 1 N–H and O–H groups in total. The zero-order chi connectivity index (χ0) is 17.2. The van der Waals surface area contributed by atoms with E-state index in [2.05, 4.69) is 10.3 Å². The van der Waals surface area contributed by atoms with Gasteiger partial charge in [-0.2, -0.15) is 0 Å². The minimum Gasteiger partial charge on any atom is -0.492 e. The molecule has 0 aromatic carbocycles. The van der Waals surface area contributed by atoms with Crippen molar-refractivity contribution in [3.63, 3.8) is 0 Å². The molecule has 1 aromatic rings. The summed E-state index contributed by atoms with van der Waals surface area (Å²) in [5.74, 6) is -1.32. The number of amides is 1. The van der Waals surface area contributed by atoms with Gasteiger partial charge in [0.1, 0.15) is 11.6 Å². The number of likely N-dealkylation sites (tertiary alicyclic amines) is 1. The maximum absolute atomic E-state index is 13.5. The van der Waals surface area contributed by atoms with E-state index in [1.807, 2.05) is 0 Å². The van der Waals surface area contributed by atoms with Crippen molar-refractivity contribution in [2.45, 2.75) is 44.6 Å². The van der Waals surface area contributed by atoms with Crippen molar-refractivity contribution in [2.75, 3.05) is 25.0 Å². The number of rotatable bonds is 6. The Hall–Kier alpha value is -1.76. The number of nitrogens with one attached hydrogen (secondary N) is 1. The second-order valence-corrected chi connectivity index (χ2v) is 6.73. The predicted octanol–water partition coefficient (Wildman–Crippen LogP) is 2.93. The van der Waals surface area contributed by atoms with Gasteiger partial charge in [0.05, 0.1) is 25.4 Å². The minimum atomic E-state index is -2.72. The van der Waals surface area contributed by atoms with Crippen LogP contribution in [0.1, 0.15) is 32.6 Å². The first-order valence-electron chi connectivity index (χ1n) is 8.44. The molecule has 1 atom stereocenters. The van der Waals surface area contributed by atoms with Crippen LogP contribution in [0.25, 0.3) is 0 Å². The lowest BCUT2D eigenvalue weighted by atomic mass is 10.1. The van der Waals surface area contributed by atoms with Gasteiger partial charge in [0.2, 0.25) is 5.91 Å². The highest BCUT2D eigenvalue weighted by Crippen LogP contribution is 2.30. The van der Waals surface area contributed by atoms with Gasteiger partial charge in [-0.3, -0.25) is 9.69 Å². The molecule has 1 unspecified atom stereocenters. The molecule has 1 saturated carbocycles. The predicted molar refractivity (Wildman–Crippen MR) is 86.3 cm³/mol. The van der Waals surface area contributed by atoms with Crippen LogP contribution in [0.5, 0.6) is 5.75 Å².